The van der Waals surface area contributed by atoms with Crippen LogP contribution in [0, 0.1) is 17.5 Å². The molecular formula is C28H27ClF3N9O5. The van der Waals surface area contributed by atoms with Gasteiger partial charge in [0.25, 0.3) is 0 Å². The number of carbonyl (C=O) groups excluding carboxylic acids is 1. The number of carbonyl (C=O) groups is 1. The second-order valence-corrected chi connectivity index (χ2v) is 10.7. The third-order valence-corrected chi connectivity index (χ3v) is 6.57. The number of aryl methyl sites for hydroxylation is 2. The van der Waals surface area contributed by atoms with Crippen molar-refractivity contribution >= 4 is 34.3 Å². The van der Waals surface area contributed by atoms with Crippen LogP contribution in [0.4, 0.5) is 23.7 Å². The fourth-order valence-corrected chi connectivity index (χ4v) is 4.50. The van der Waals surface area contributed by atoms with Crippen molar-refractivity contribution in [3.8, 4) is 6.01 Å². The Morgan fingerprint density at radius 2 is 1.70 bits per heavy atom. The minimum Gasteiger partial charge on any atom is -0.431 e. The van der Waals surface area contributed by atoms with Gasteiger partial charge in [-0.1, -0.05) is 11.6 Å². The molecule has 0 aliphatic heterocycles. The van der Waals surface area contributed by atoms with Gasteiger partial charge in [0, 0.05) is 44.2 Å². The Bertz CT molecular complexity index is 2070. The SMILES string of the molecule is CC(C)OC(=O)OC(C)Oc1nc(=Nc2cc3cn(C)nc3cc2Cl)n(Cc2cc(F)c(F)cc2F)c(=O)n1Cc1ncn(C)n1. The summed E-state index contributed by atoms with van der Waals surface area (Å²) in [4.78, 5) is 39.3. The molecular weight excluding hydrogens is 635 g/mol. The van der Waals surface area contributed by atoms with Crippen molar-refractivity contribution in [2.24, 2.45) is 19.1 Å². The molecule has 3 heterocycles. The first-order valence-corrected chi connectivity index (χ1v) is 14.1. The van der Waals surface area contributed by atoms with E-state index in [1.54, 1.807) is 51.0 Å². The number of benzene rings is 2. The van der Waals surface area contributed by atoms with Crippen molar-refractivity contribution in [2.75, 3.05) is 0 Å². The number of ether oxygens (including phenoxy) is 3. The topological polar surface area (TPSA) is 145 Å². The Labute approximate surface area is 263 Å². The predicted molar refractivity (Wildman–Crippen MR) is 156 cm³/mol. The molecule has 0 saturated carbocycles. The lowest BCUT2D eigenvalue weighted by Crippen LogP contribution is -2.44. The maximum Gasteiger partial charge on any atom is 0.511 e. The van der Waals surface area contributed by atoms with E-state index in [4.69, 9.17) is 25.8 Å². The number of aromatic nitrogens is 8. The van der Waals surface area contributed by atoms with Gasteiger partial charge in [0.05, 0.1) is 35.4 Å². The van der Waals surface area contributed by atoms with E-state index >= 15 is 0 Å². The quantitative estimate of drug-likeness (QED) is 0.131. The Balaban J connectivity index is 1.72. The van der Waals surface area contributed by atoms with E-state index < -0.39 is 54.2 Å². The molecule has 0 bridgehead atoms. The van der Waals surface area contributed by atoms with E-state index in [1.165, 1.54) is 17.9 Å². The monoisotopic (exact) mass is 661 g/mol. The first-order valence-electron chi connectivity index (χ1n) is 13.7. The lowest BCUT2D eigenvalue weighted by Gasteiger charge is -2.19. The Kier molecular flexibility index (Phi) is 9.13. The van der Waals surface area contributed by atoms with Crippen LogP contribution in [0.15, 0.2) is 46.6 Å². The molecule has 1 atom stereocenters. The third kappa shape index (κ3) is 7.20. The molecule has 2 aromatic carbocycles. The molecule has 5 rings (SSSR count). The van der Waals surface area contributed by atoms with Gasteiger partial charge in [-0.25, -0.2) is 37.3 Å². The molecule has 1 unspecified atom stereocenters. The van der Waals surface area contributed by atoms with Gasteiger partial charge in [-0.2, -0.15) is 15.2 Å². The summed E-state index contributed by atoms with van der Waals surface area (Å²) in [5.74, 6) is -3.69. The fraction of sp³-hybridized carbons (Fsp3) is 0.321. The second kappa shape index (κ2) is 13.0. The zero-order valence-corrected chi connectivity index (χ0v) is 25.9. The summed E-state index contributed by atoms with van der Waals surface area (Å²) in [6, 6.07) is 3.73. The zero-order valence-electron chi connectivity index (χ0n) is 25.1. The maximum absolute atomic E-state index is 14.8. The smallest absolute Gasteiger partial charge is 0.431 e. The summed E-state index contributed by atoms with van der Waals surface area (Å²) in [6.45, 7) is 3.66. The van der Waals surface area contributed by atoms with Gasteiger partial charge in [0.2, 0.25) is 11.9 Å². The number of hydrogen-bond donors (Lipinski definition) is 0. The molecule has 3 aromatic heterocycles. The first kappa shape index (κ1) is 32.2. The van der Waals surface area contributed by atoms with Gasteiger partial charge in [0.1, 0.15) is 12.1 Å². The minimum atomic E-state index is -1.40. The molecule has 18 heteroatoms. The number of halogens is 4. The van der Waals surface area contributed by atoms with Gasteiger partial charge < -0.3 is 14.2 Å². The summed E-state index contributed by atoms with van der Waals surface area (Å²) in [5, 5.41) is 9.27. The van der Waals surface area contributed by atoms with Gasteiger partial charge in [-0.05, 0) is 32.0 Å². The summed E-state index contributed by atoms with van der Waals surface area (Å²) in [5.41, 5.74) is -0.920. The van der Waals surface area contributed by atoms with Crippen LogP contribution in [0.1, 0.15) is 32.2 Å². The first-order chi connectivity index (χ1) is 21.8. The standard InChI is InChI=1S/C28H27ClF3N9O5/c1-14(2)44-28(43)46-15(3)45-26-35-25(34-23-7-17-10-38(4)36-22(17)8-18(23)29)40(11-16-6-20(31)21(32)9-19(16)30)27(42)41(26)12-24-33-13-39(5)37-24/h6-10,13-15H,11-12H2,1-5H3. The van der Waals surface area contributed by atoms with Crippen LogP contribution in [0.2, 0.25) is 5.02 Å². The predicted octanol–water partition coefficient (Wildman–Crippen LogP) is 3.75. The average Bonchev–Trinajstić information content (AvgIpc) is 3.53. The minimum absolute atomic E-state index is 0.135. The van der Waals surface area contributed by atoms with E-state index in [0.717, 1.165) is 9.13 Å². The zero-order chi connectivity index (χ0) is 33.3. The van der Waals surface area contributed by atoms with Gasteiger partial charge >= 0.3 is 17.9 Å². The summed E-state index contributed by atoms with van der Waals surface area (Å²) < 4.78 is 63.5. The summed E-state index contributed by atoms with van der Waals surface area (Å²) in [6.07, 6.45) is 0.260. The molecule has 0 amide bonds. The highest BCUT2D eigenvalue weighted by atomic mass is 35.5. The van der Waals surface area contributed by atoms with Gasteiger partial charge in [-0.3, -0.25) is 13.9 Å². The van der Waals surface area contributed by atoms with E-state index in [2.05, 4.69) is 25.2 Å². The van der Waals surface area contributed by atoms with Crippen LogP contribution in [0.25, 0.3) is 10.9 Å². The summed E-state index contributed by atoms with van der Waals surface area (Å²) in [7, 11) is 3.33. The average molecular weight is 662 g/mol. The molecule has 0 spiro atoms. The normalized spacial score (nSPS) is 12.6. The molecule has 0 N–H and O–H groups in total. The molecule has 0 aliphatic rings. The van der Waals surface area contributed by atoms with Crippen LogP contribution < -0.4 is 16.0 Å². The van der Waals surface area contributed by atoms with E-state index in [1.807, 2.05) is 0 Å². The van der Waals surface area contributed by atoms with E-state index in [9.17, 15) is 22.8 Å². The highest BCUT2D eigenvalue weighted by Crippen LogP contribution is 2.29. The summed E-state index contributed by atoms with van der Waals surface area (Å²) >= 11 is 6.51. The molecule has 0 fully saturated rings. The molecule has 14 nitrogen and oxygen atoms in total. The lowest BCUT2D eigenvalue weighted by atomic mass is 10.2. The van der Waals surface area contributed by atoms with Crippen molar-refractivity contribution < 1.29 is 32.2 Å². The fourth-order valence-electron chi connectivity index (χ4n) is 4.30. The molecule has 0 saturated heterocycles. The highest BCUT2D eigenvalue weighted by Gasteiger charge is 2.22. The van der Waals surface area contributed by atoms with Crippen LogP contribution >= 0.6 is 11.6 Å². The highest BCUT2D eigenvalue weighted by molar-refractivity contribution is 6.33. The van der Waals surface area contributed by atoms with Crippen LogP contribution in [-0.4, -0.2) is 57.2 Å². The third-order valence-electron chi connectivity index (χ3n) is 6.27. The van der Waals surface area contributed by atoms with Crippen molar-refractivity contribution in [1.29, 1.82) is 0 Å². The number of nitrogens with zero attached hydrogens (tertiary/aromatic N) is 9. The second-order valence-electron chi connectivity index (χ2n) is 10.3. The maximum atomic E-state index is 14.8. The van der Waals surface area contributed by atoms with Gasteiger partial charge in [-0.15, -0.1) is 0 Å². The molecule has 5 aromatic rings. The lowest BCUT2D eigenvalue weighted by molar-refractivity contribution is -0.0664. The molecule has 0 radical (unpaired) electrons. The number of rotatable bonds is 9. The Morgan fingerprint density at radius 3 is 2.39 bits per heavy atom. The number of fused-ring (bicyclic) bond motifs is 1. The molecule has 0 aliphatic carbocycles. The Morgan fingerprint density at radius 1 is 0.957 bits per heavy atom. The number of hydrogen-bond acceptors (Lipinski definition) is 10. The van der Waals surface area contributed by atoms with Crippen molar-refractivity contribution in [1.82, 2.24) is 38.7 Å². The van der Waals surface area contributed by atoms with Gasteiger partial charge in [0.15, 0.2) is 17.5 Å². The van der Waals surface area contributed by atoms with Crippen LogP contribution in [0.5, 0.6) is 6.01 Å². The van der Waals surface area contributed by atoms with Crippen LogP contribution in [-0.2, 0) is 36.7 Å². The Hall–Kier alpha value is -5.19. The van der Waals surface area contributed by atoms with Crippen molar-refractivity contribution in [3.63, 3.8) is 0 Å². The van der Waals surface area contributed by atoms with Crippen LogP contribution in [0.3, 0.4) is 0 Å². The molecule has 46 heavy (non-hydrogen) atoms. The van der Waals surface area contributed by atoms with Crippen molar-refractivity contribution in [3.05, 3.63) is 86.8 Å². The van der Waals surface area contributed by atoms with E-state index in [-0.39, 0.29) is 34.3 Å². The largest absolute Gasteiger partial charge is 0.511 e. The molecule has 242 valence electrons. The van der Waals surface area contributed by atoms with Crippen molar-refractivity contribution in [2.45, 2.75) is 46.3 Å². The van der Waals surface area contributed by atoms with E-state index in [0.29, 0.717) is 23.0 Å².